The van der Waals surface area contributed by atoms with Gasteiger partial charge in [0.05, 0.1) is 0 Å². The number of ketones is 1. The van der Waals surface area contributed by atoms with Crippen molar-refractivity contribution in [1.29, 1.82) is 0 Å². The second-order valence-electron chi connectivity index (χ2n) is 6.14. The van der Waals surface area contributed by atoms with Gasteiger partial charge in [-0.2, -0.15) is 0 Å². The molecule has 0 radical (unpaired) electrons. The van der Waals surface area contributed by atoms with Crippen LogP contribution in [-0.2, 0) is 4.79 Å². The minimum absolute atomic E-state index is 0.0188. The number of carbonyl (C=O) groups is 1. The van der Waals surface area contributed by atoms with Gasteiger partial charge in [0.2, 0.25) is 0 Å². The van der Waals surface area contributed by atoms with E-state index in [1.165, 1.54) is 12.1 Å². The number of carbonyl (C=O) groups excluding carboxylic acids is 1. The second kappa shape index (κ2) is 6.20. The average molecular weight is 315 g/mol. The summed E-state index contributed by atoms with van der Waals surface area (Å²) in [5.41, 5.74) is 0.892. The largest absolute Gasteiger partial charge is 0.302 e. The summed E-state index contributed by atoms with van der Waals surface area (Å²) in [5, 5.41) is 3.30. The third-order valence-corrected chi connectivity index (χ3v) is 4.74. The van der Waals surface area contributed by atoms with Crippen LogP contribution in [0.3, 0.4) is 0 Å². The fourth-order valence-corrected chi connectivity index (χ4v) is 3.40. The molecule has 2 aromatic carbocycles. The predicted molar refractivity (Wildman–Crippen MR) is 84.8 cm³/mol. The number of piperidine rings is 1. The van der Waals surface area contributed by atoms with Crippen LogP contribution < -0.4 is 5.32 Å². The van der Waals surface area contributed by atoms with Crippen molar-refractivity contribution in [1.82, 2.24) is 5.32 Å². The molecule has 3 rings (SSSR count). The molecule has 1 heterocycles. The van der Waals surface area contributed by atoms with Gasteiger partial charge in [0.1, 0.15) is 17.4 Å². The van der Waals surface area contributed by atoms with Crippen molar-refractivity contribution in [2.75, 3.05) is 0 Å². The SMILES string of the molecule is C[C@@H]1C(=O)[C@H](C)[C@@H](c2ccccc2F)N[C@H]1c1ccccc1F. The smallest absolute Gasteiger partial charge is 0.142 e. The van der Waals surface area contributed by atoms with Crippen LogP contribution in [0.4, 0.5) is 8.78 Å². The van der Waals surface area contributed by atoms with Crippen LogP contribution in [0.15, 0.2) is 48.5 Å². The zero-order chi connectivity index (χ0) is 16.6. The minimum atomic E-state index is -0.468. The van der Waals surface area contributed by atoms with E-state index in [-0.39, 0.29) is 29.3 Å². The molecule has 1 aliphatic heterocycles. The summed E-state index contributed by atoms with van der Waals surface area (Å²) in [6.45, 7) is 3.58. The van der Waals surface area contributed by atoms with Crippen molar-refractivity contribution in [3.63, 3.8) is 0 Å². The predicted octanol–water partition coefficient (Wildman–Crippen LogP) is 4.19. The normalized spacial score (nSPS) is 27.9. The summed E-state index contributed by atoms with van der Waals surface area (Å²) in [7, 11) is 0. The standard InChI is InChI=1S/C19H19F2NO/c1-11-17(13-7-3-5-9-15(13)20)22-18(12(2)19(11)23)14-8-4-6-10-16(14)21/h3-12,17-18,22H,1-2H3/t11-,12+,17+,18-. The van der Waals surface area contributed by atoms with Gasteiger partial charge in [-0.3, -0.25) is 4.79 Å². The summed E-state index contributed by atoms with van der Waals surface area (Å²) in [6, 6.07) is 11.9. The topological polar surface area (TPSA) is 29.1 Å². The molecule has 120 valence electrons. The molecule has 1 fully saturated rings. The Bertz CT molecular complexity index is 671. The van der Waals surface area contributed by atoms with Crippen LogP contribution in [0.2, 0.25) is 0 Å². The molecule has 1 aliphatic rings. The lowest BCUT2D eigenvalue weighted by Gasteiger charge is -2.39. The highest BCUT2D eigenvalue weighted by atomic mass is 19.1. The molecule has 4 heteroatoms. The van der Waals surface area contributed by atoms with Gasteiger partial charge in [-0.15, -0.1) is 0 Å². The van der Waals surface area contributed by atoms with Gasteiger partial charge in [0.15, 0.2) is 0 Å². The molecule has 0 bridgehead atoms. The maximum atomic E-state index is 14.2. The van der Waals surface area contributed by atoms with Crippen LogP contribution in [0.5, 0.6) is 0 Å². The lowest BCUT2D eigenvalue weighted by molar-refractivity contribution is -0.130. The monoisotopic (exact) mass is 315 g/mol. The second-order valence-corrected chi connectivity index (χ2v) is 6.14. The van der Waals surface area contributed by atoms with Gasteiger partial charge in [-0.05, 0) is 12.1 Å². The molecule has 1 N–H and O–H groups in total. The van der Waals surface area contributed by atoms with E-state index in [0.29, 0.717) is 11.1 Å². The third-order valence-electron chi connectivity index (χ3n) is 4.74. The number of benzene rings is 2. The number of hydrogen-bond acceptors (Lipinski definition) is 2. The summed E-state index contributed by atoms with van der Waals surface area (Å²) < 4.78 is 28.3. The van der Waals surface area contributed by atoms with Crippen LogP contribution in [0.1, 0.15) is 37.1 Å². The molecule has 2 nitrogen and oxygen atoms in total. The van der Waals surface area contributed by atoms with Crippen molar-refractivity contribution in [2.45, 2.75) is 25.9 Å². The zero-order valence-electron chi connectivity index (χ0n) is 13.1. The highest BCUT2D eigenvalue weighted by Gasteiger charge is 2.41. The van der Waals surface area contributed by atoms with E-state index in [2.05, 4.69) is 5.32 Å². The van der Waals surface area contributed by atoms with Crippen molar-refractivity contribution in [3.05, 3.63) is 71.3 Å². The molecular formula is C19H19F2NO. The Morgan fingerprint density at radius 1 is 0.783 bits per heavy atom. The lowest BCUT2D eigenvalue weighted by Crippen LogP contribution is -2.47. The third kappa shape index (κ3) is 2.79. The van der Waals surface area contributed by atoms with Gasteiger partial charge >= 0.3 is 0 Å². The Hall–Kier alpha value is -2.07. The van der Waals surface area contributed by atoms with Crippen molar-refractivity contribution in [3.8, 4) is 0 Å². The van der Waals surface area contributed by atoms with Crippen molar-refractivity contribution in [2.24, 2.45) is 11.8 Å². The van der Waals surface area contributed by atoms with E-state index in [9.17, 15) is 13.6 Å². The summed E-state index contributed by atoms with van der Waals surface area (Å²) in [5.74, 6) is -1.43. The van der Waals surface area contributed by atoms with Gasteiger partial charge < -0.3 is 5.32 Å². The molecular weight excluding hydrogens is 296 g/mol. The number of nitrogens with one attached hydrogen (secondary N) is 1. The van der Waals surface area contributed by atoms with Gasteiger partial charge in [-0.1, -0.05) is 50.2 Å². The fraction of sp³-hybridized carbons (Fsp3) is 0.316. The highest BCUT2D eigenvalue weighted by molar-refractivity contribution is 5.85. The Morgan fingerprint density at radius 2 is 1.17 bits per heavy atom. The van der Waals surface area contributed by atoms with E-state index in [1.807, 2.05) is 0 Å². The van der Waals surface area contributed by atoms with E-state index in [1.54, 1.807) is 50.2 Å². The quantitative estimate of drug-likeness (QED) is 0.900. The molecule has 0 aliphatic carbocycles. The van der Waals surface area contributed by atoms with E-state index in [4.69, 9.17) is 0 Å². The van der Waals surface area contributed by atoms with Crippen molar-refractivity contribution >= 4 is 5.78 Å². The number of hydrogen-bond donors (Lipinski definition) is 1. The highest BCUT2D eigenvalue weighted by Crippen LogP contribution is 2.39. The van der Waals surface area contributed by atoms with Gasteiger partial charge in [0, 0.05) is 35.0 Å². The Balaban J connectivity index is 2.02. The Morgan fingerprint density at radius 3 is 1.57 bits per heavy atom. The van der Waals surface area contributed by atoms with Gasteiger partial charge in [0.25, 0.3) is 0 Å². The van der Waals surface area contributed by atoms with Gasteiger partial charge in [-0.25, -0.2) is 8.78 Å². The first kappa shape index (κ1) is 15.8. The number of halogens is 2. The zero-order valence-corrected chi connectivity index (χ0v) is 13.1. The van der Waals surface area contributed by atoms with Crippen LogP contribution >= 0.6 is 0 Å². The average Bonchev–Trinajstić information content (AvgIpc) is 2.55. The molecule has 0 aromatic heterocycles. The fourth-order valence-electron chi connectivity index (χ4n) is 3.40. The Kier molecular flexibility index (Phi) is 4.26. The number of Topliss-reactive ketones (excluding diaryl/α,β-unsaturated/α-hetero) is 1. The van der Waals surface area contributed by atoms with E-state index >= 15 is 0 Å². The van der Waals surface area contributed by atoms with Crippen LogP contribution in [0.25, 0.3) is 0 Å². The first-order chi connectivity index (χ1) is 11.0. The summed E-state index contributed by atoms with van der Waals surface area (Å²) >= 11 is 0. The van der Waals surface area contributed by atoms with Crippen molar-refractivity contribution < 1.29 is 13.6 Å². The molecule has 0 spiro atoms. The molecule has 2 aromatic rings. The van der Waals surface area contributed by atoms with Crippen LogP contribution in [0, 0.1) is 23.5 Å². The minimum Gasteiger partial charge on any atom is -0.302 e. The first-order valence-electron chi connectivity index (χ1n) is 7.79. The van der Waals surface area contributed by atoms with E-state index in [0.717, 1.165) is 0 Å². The molecule has 0 saturated carbocycles. The Labute approximate surface area is 134 Å². The lowest BCUT2D eigenvalue weighted by atomic mass is 9.76. The summed E-state index contributed by atoms with van der Waals surface area (Å²) in [4.78, 5) is 12.6. The first-order valence-corrected chi connectivity index (χ1v) is 7.79. The molecule has 1 saturated heterocycles. The van der Waals surface area contributed by atoms with Crippen LogP contribution in [-0.4, -0.2) is 5.78 Å². The molecule has 0 unspecified atom stereocenters. The number of rotatable bonds is 2. The molecule has 0 amide bonds. The summed E-state index contributed by atoms with van der Waals surface area (Å²) in [6.07, 6.45) is 0. The molecule has 4 atom stereocenters. The van der Waals surface area contributed by atoms with E-state index < -0.39 is 12.1 Å². The molecule has 23 heavy (non-hydrogen) atoms. The maximum absolute atomic E-state index is 14.2. The maximum Gasteiger partial charge on any atom is 0.142 e.